The van der Waals surface area contributed by atoms with Gasteiger partial charge in [-0.1, -0.05) is 0 Å². The molecule has 0 aliphatic carbocycles. The lowest BCUT2D eigenvalue weighted by molar-refractivity contribution is -0.118. The molecule has 1 fully saturated rings. The number of hydrazone groups is 1. The predicted molar refractivity (Wildman–Crippen MR) is 72.2 cm³/mol. The van der Waals surface area contributed by atoms with Gasteiger partial charge in [0.05, 0.1) is 6.54 Å². The van der Waals surface area contributed by atoms with E-state index in [9.17, 15) is 23.6 Å². The number of imide groups is 1. The van der Waals surface area contributed by atoms with Crippen LogP contribution in [0.1, 0.15) is 10.4 Å². The minimum Gasteiger partial charge on any atom is -0.296 e. The monoisotopic (exact) mass is 306 g/mol. The molecule has 0 radical (unpaired) electrons. The van der Waals surface area contributed by atoms with Crippen molar-refractivity contribution in [1.82, 2.24) is 15.2 Å². The first-order chi connectivity index (χ1) is 10.5. The third-order valence-electron chi connectivity index (χ3n) is 2.74. The van der Waals surface area contributed by atoms with Gasteiger partial charge in [-0.05, 0) is 24.3 Å². The third-order valence-corrected chi connectivity index (χ3v) is 2.74. The smallest absolute Gasteiger partial charge is 0.296 e. The van der Waals surface area contributed by atoms with Gasteiger partial charge < -0.3 is 0 Å². The second-order valence-corrected chi connectivity index (χ2v) is 4.35. The summed E-state index contributed by atoms with van der Waals surface area (Å²) in [4.78, 5) is 45.9. The number of halogens is 1. The van der Waals surface area contributed by atoms with Gasteiger partial charge in [0.15, 0.2) is 5.78 Å². The Kier molecular flexibility index (Phi) is 4.57. The Bertz CT molecular complexity index is 644. The van der Waals surface area contributed by atoms with Gasteiger partial charge in [-0.2, -0.15) is 5.10 Å². The minimum absolute atomic E-state index is 0.232. The average molecular weight is 306 g/mol. The SMILES string of the molecule is O=CN(/C=N/N1CC(=O)NC1=O)CC(=O)c1ccc(F)cc1. The molecular weight excluding hydrogens is 295 g/mol. The fraction of sp³-hybridized carbons (Fsp3) is 0.154. The number of Topliss-reactive ketones (excluding diaryl/α,β-unsaturated/α-hetero) is 1. The van der Waals surface area contributed by atoms with E-state index in [4.69, 9.17) is 0 Å². The molecule has 4 amide bonds. The highest BCUT2D eigenvalue weighted by Gasteiger charge is 2.26. The van der Waals surface area contributed by atoms with Gasteiger partial charge in [-0.25, -0.2) is 14.2 Å². The number of carbonyl (C=O) groups excluding carboxylic acids is 4. The summed E-state index contributed by atoms with van der Waals surface area (Å²) in [6.45, 7) is -0.587. The van der Waals surface area contributed by atoms with Gasteiger partial charge in [0.2, 0.25) is 12.3 Å². The molecule has 0 atom stereocenters. The van der Waals surface area contributed by atoms with Gasteiger partial charge >= 0.3 is 6.03 Å². The van der Waals surface area contributed by atoms with Crippen LogP contribution in [0, 0.1) is 5.82 Å². The van der Waals surface area contributed by atoms with Crippen molar-refractivity contribution >= 4 is 30.5 Å². The number of hydrogen-bond acceptors (Lipinski definition) is 5. The molecule has 114 valence electrons. The molecule has 1 N–H and O–H groups in total. The Labute approximate surface area is 124 Å². The summed E-state index contributed by atoms with van der Waals surface area (Å²) in [7, 11) is 0. The highest BCUT2D eigenvalue weighted by Crippen LogP contribution is 2.04. The molecule has 22 heavy (non-hydrogen) atoms. The van der Waals surface area contributed by atoms with Crippen molar-refractivity contribution < 1.29 is 23.6 Å². The van der Waals surface area contributed by atoms with Gasteiger partial charge in [0, 0.05) is 5.56 Å². The van der Waals surface area contributed by atoms with Crippen LogP contribution in [0.4, 0.5) is 9.18 Å². The fourth-order valence-corrected chi connectivity index (χ4v) is 1.65. The number of nitrogens with zero attached hydrogens (tertiary/aromatic N) is 3. The number of rotatable bonds is 6. The Morgan fingerprint density at radius 1 is 1.36 bits per heavy atom. The lowest BCUT2D eigenvalue weighted by atomic mass is 10.1. The van der Waals surface area contributed by atoms with Crippen molar-refractivity contribution in [2.75, 3.05) is 13.1 Å². The maximum atomic E-state index is 12.8. The molecule has 1 heterocycles. The number of urea groups is 1. The van der Waals surface area contributed by atoms with Crippen LogP contribution in [0.3, 0.4) is 0 Å². The number of hydrogen-bond donors (Lipinski definition) is 1. The zero-order valence-corrected chi connectivity index (χ0v) is 11.2. The number of carbonyl (C=O) groups is 4. The highest BCUT2D eigenvalue weighted by atomic mass is 19.1. The molecule has 2 rings (SSSR count). The van der Waals surface area contributed by atoms with Crippen molar-refractivity contribution in [1.29, 1.82) is 0 Å². The molecule has 0 saturated carbocycles. The van der Waals surface area contributed by atoms with Gasteiger partial charge in [-0.3, -0.25) is 24.6 Å². The zero-order chi connectivity index (χ0) is 16.1. The van der Waals surface area contributed by atoms with E-state index in [0.717, 1.165) is 28.4 Å². The number of ketones is 1. The van der Waals surface area contributed by atoms with E-state index in [2.05, 4.69) is 5.10 Å². The second-order valence-electron chi connectivity index (χ2n) is 4.35. The van der Waals surface area contributed by atoms with Crippen LogP contribution >= 0.6 is 0 Å². The molecule has 0 bridgehead atoms. The summed E-state index contributed by atoms with van der Waals surface area (Å²) in [5.74, 6) is -1.42. The topological polar surface area (TPSA) is 99.2 Å². The minimum atomic E-state index is -0.711. The van der Waals surface area contributed by atoms with Crippen LogP contribution < -0.4 is 5.32 Å². The highest BCUT2D eigenvalue weighted by molar-refractivity contribution is 6.02. The first-order valence-electron chi connectivity index (χ1n) is 6.15. The van der Waals surface area contributed by atoms with Crippen LogP contribution in [0.25, 0.3) is 0 Å². The molecule has 1 aromatic carbocycles. The largest absolute Gasteiger partial charge is 0.345 e. The summed E-state index contributed by atoms with van der Waals surface area (Å²) in [5, 5.41) is 6.47. The van der Waals surface area contributed by atoms with E-state index >= 15 is 0 Å². The summed E-state index contributed by atoms with van der Waals surface area (Å²) < 4.78 is 12.8. The Balaban J connectivity index is 1.98. The van der Waals surface area contributed by atoms with E-state index < -0.39 is 23.5 Å². The lowest BCUT2D eigenvalue weighted by Crippen LogP contribution is -2.30. The number of amides is 4. The van der Waals surface area contributed by atoms with Crippen LogP contribution in [0.15, 0.2) is 29.4 Å². The van der Waals surface area contributed by atoms with E-state index in [1.807, 2.05) is 5.32 Å². The van der Waals surface area contributed by atoms with Crippen molar-refractivity contribution in [2.45, 2.75) is 0 Å². The maximum absolute atomic E-state index is 12.8. The average Bonchev–Trinajstić information content (AvgIpc) is 2.81. The lowest BCUT2D eigenvalue weighted by Gasteiger charge is -2.12. The molecule has 8 nitrogen and oxygen atoms in total. The third kappa shape index (κ3) is 3.72. The number of nitrogens with one attached hydrogen (secondary N) is 1. The second kappa shape index (κ2) is 6.57. The van der Waals surface area contributed by atoms with Crippen molar-refractivity contribution in [3.8, 4) is 0 Å². The molecule has 0 aromatic heterocycles. The van der Waals surface area contributed by atoms with E-state index in [-0.39, 0.29) is 18.7 Å². The standard InChI is InChI=1S/C13H11FN4O4/c14-10-3-1-9(2-4-10)11(20)5-17(8-19)7-15-18-6-12(21)16-13(18)22/h1-4,7-8H,5-6H2,(H,16,21,22)/b15-7+. The summed E-state index contributed by atoms with van der Waals surface area (Å²) in [5.41, 5.74) is 0.232. The van der Waals surface area contributed by atoms with Crippen LogP contribution in [0.2, 0.25) is 0 Å². The van der Waals surface area contributed by atoms with Crippen LogP contribution in [0.5, 0.6) is 0 Å². The van der Waals surface area contributed by atoms with Crippen molar-refractivity contribution in [2.24, 2.45) is 5.10 Å². The first kappa shape index (κ1) is 15.3. The zero-order valence-electron chi connectivity index (χ0n) is 11.2. The molecular formula is C13H11FN4O4. The molecule has 1 saturated heterocycles. The normalized spacial score (nSPS) is 14.3. The predicted octanol–water partition coefficient (Wildman–Crippen LogP) is -0.0381. The van der Waals surface area contributed by atoms with E-state index in [1.54, 1.807) is 0 Å². The number of benzene rings is 1. The maximum Gasteiger partial charge on any atom is 0.345 e. The van der Waals surface area contributed by atoms with Crippen molar-refractivity contribution in [3.05, 3.63) is 35.6 Å². The molecule has 1 aromatic rings. The first-order valence-corrected chi connectivity index (χ1v) is 6.15. The molecule has 1 aliphatic heterocycles. The molecule has 9 heteroatoms. The van der Waals surface area contributed by atoms with Gasteiger partial charge in [0.25, 0.3) is 0 Å². The molecule has 1 aliphatic rings. The fourth-order valence-electron chi connectivity index (χ4n) is 1.65. The van der Waals surface area contributed by atoms with Gasteiger partial charge in [-0.15, -0.1) is 0 Å². The van der Waals surface area contributed by atoms with Gasteiger partial charge in [0.1, 0.15) is 18.7 Å². The summed E-state index contributed by atoms with van der Waals surface area (Å²) in [6, 6.07) is 4.14. The Morgan fingerprint density at radius 2 is 2.05 bits per heavy atom. The van der Waals surface area contributed by atoms with Crippen LogP contribution in [-0.4, -0.2) is 53.5 Å². The Morgan fingerprint density at radius 3 is 2.59 bits per heavy atom. The molecule has 0 unspecified atom stereocenters. The quantitative estimate of drug-likeness (QED) is 0.262. The summed E-state index contributed by atoms with van der Waals surface area (Å²) in [6.07, 6.45) is 1.31. The molecule has 0 spiro atoms. The van der Waals surface area contributed by atoms with Crippen LogP contribution in [-0.2, 0) is 9.59 Å². The van der Waals surface area contributed by atoms with E-state index in [1.165, 1.54) is 12.1 Å². The Hall–Kier alpha value is -3.10. The summed E-state index contributed by atoms with van der Waals surface area (Å²) >= 11 is 0. The van der Waals surface area contributed by atoms with Crippen molar-refractivity contribution in [3.63, 3.8) is 0 Å². The van der Waals surface area contributed by atoms with E-state index in [0.29, 0.717) is 6.41 Å².